The Kier molecular flexibility index (Phi) is 10.8. The van der Waals surface area contributed by atoms with E-state index in [4.69, 9.17) is 14.6 Å². The van der Waals surface area contributed by atoms with Crippen molar-refractivity contribution >= 4 is 17.9 Å². The van der Waals surface area contributed by atoms with Gasteiger partial charge in [0.2, 0.25) is 0 Å². The maximum atomic E-state index is 11.7. The number of esters is 2. The van der Waals surface area contributed by atoms with E-state index in [-0.39, 0.29) is 37.9 Å². The van der Waals surface area contributed by atoms with Crippen LogP contribution in [0.15, 0.2) is 12.7 Å². The summed E-state index contributed by atoms with van der Waals surface area (Å²) in [6.07, 6.45) is 3.05. The monoisotopic (exact) mass is 314 g/mol. The molecular weight excluding hydrogens is 288 g/mol. The van der Waals surface area contributed by atoms with Crippen LogP contribution in [0.2, 0.25) is 0 Å². The van der Waals surface area contributed by atoms with Crippen LogP contribution in [-0.4, -0.2) is 36.2 Å². The molecule has 1 N–H and O–H groups in total. The Morgan fingerprint density at radius 2 is 1.68 bits per heavy atom. The molecule has 1 unspecified atom stereocenters. The fourth-order valence-corrected chi connectivity index (χ4v) is 2.07. The fraction of sp³-hybridized carbons (Fsp3) is 0.688. The standard InChI is InChI=1S/C16H26O6/c1-4-15(19)21-7-5-6-8-22-16(20)11-13(9-12(2)3)10-14(17)18/h4,12-13H,1,5-11H2,2-3H3,(H,17,18). The molecule has 0 saturated carbocycles. The summed E-state index contributed by atoms with van der Waals surface area (Å²) >= 11 is 0. The maximum absolute atomic E-state index is 11.7. The Morgan fingerprint density at radius 3 is 2.18 bits per heavy atom. The minimum Gasteiger partial charge on any atom is -0.481 e. The van der Waals surface area contributed by atoms with Crippen molar-refractivity contribution in [3.05, 3.63) is 12.7 Å². The lowest BCUT2D eigenvalue weighted by Gasteiger charge is -2.16. The van der Waals surface area contributed by atoms with Crippen molar-refractivity contribution in [3.63, 3.8) is 0 Å². The zero-order chi connectivity index (χ0) is 17.0. The summed E-state index contributed by atoms with van der Waals surface area (Å²) in [5.41, 5.74) is 0. The van der Waals surface area contributed by atoms with E-state index in [1.807, 2.05) is 13.8 Å². The predicted octanol–water partition coefficient (Wildman–Crippen LogP) is 2.57. The molecule has 6 nitrogen and oxygen atoms in total. The number of hydrogen-bond donors (Lipinski definition) is 1. The highest BCUT2D eigenvalue weighted by Crippen LogP contribution is 2.19. The molecule has 0 saturated heterocycles. The number of carboxylic acids is 1. The van der Waals surface area contributed by atoms with Crippen LogP contribution in [0.4, 0.5) is 0 Å². The summed E-state index contributed by atoms with van der Waals surface area (Å²) in [7, 11) is 0. The first-order valence-corrected chi connectivity index (χ1v) is 7.51. The average molecular weight is 314 g/mol. The van der Waals surface area contributed by atoms with Gasteiger partial charge in [0.15, 0.2) is 0 Å². The number of ether oxygens (including phenoxy) is 2. The van der Waals surface area contributed by atoms with Crippen molar-refractivity contribution in [2.75, 3.05) is 13.2 Å². The molecular formula is C16H26O6. The molecule has 0 aromatic rings. The van der Waals surface area contributed by atoms with Gasteiger partial charge in [-0.25, -0.2) is 4.79 Å². The van der Waals surface area contributed by atoms with E-state index >= 15 is 0 Å². The zero-order valence-electron chi connectivity index (χ0n) is 13.4. The fourth-order valence-electron chi connectivity index (χ4n) is 2.07. The first-order chi connectivity index (χ1) is 10.3. The van der Waals surface area contributed by atoms with Gasteiger partial charge in [0.05, 0.1) is 13.2 Å². The number of carboxylic acid groups (broad SMARTS) is 1. The van der Waals surface area contributed by atoms with E-state index in [0.717, 1.165) is 6.08 Å². The third kappa shape index (κ3) is 11.9. The predicted molar refractivity (Wildman–Crippen MR) is 81.2 cm³/mol. The van der Waals surface area contributed by atoms with Crippen LogP contribution >= 0.6 is 0 Å². The van der Waals surface area contributed by atoms with E-state index in [9.17, 15) is 14.4 Å². The molecule has 22 heavy (non-hydrogen) atoms. The van der Waals surface area contributed by atoms with Gasteiger partial charge in [0.1, 0.15) is 0 Å². The van der Waals surface area contributed by atoms with E-state index in [1.165, 1.54) is 0 Å². The largest absolute Gasteiger partial charge is 0.481 e. The van der Waals surface area contributed by atoms with E-state index < -0.39 is 11.9 Å². The van der Waals surface area contributed by atoms with Crippen LogP contribution in [0.1, 0.15) is 46.0 Å². The van der Waals surface area contributed by atoms with Gasteiger partial charge in [0, 0.05) is 18.9 Å². The lowest BCUT2D eigenvalue weighted by molar-refractivity contribution is -0.146. The summed E-state index contributed by atoms with van der Waals surface area (Å²) < 4.78 is 9.86. The number of unbranched alkanes of at least 4 members (excludes halogenated alkanes) is 1. The number of aliphatic carboxylic acids is 1. The van der Waals surface area contributed by atoms with Gasteiger partial charge < -0.3 is 14.6 Å². The van der Waals surface area contributed by atoms with E-state index in [2.05, 4.69) is 6.58 Å². The van der Waals surface area contributed by atoms with Crippen molar-refractivity contribution < 1.29 is 29.0 Å². The second-order valence-corrected chi connectivity index (χ2v) is 5.60. The van der Waals surface area contributed by atoms with Crippen molar-refractivity contribution in [1.29, 1.82) is 0 Å². The highest BCUT2D eigenvalue weighted by molar-refractivity contribution is 5.81. The smallest absolute Gasteiger partial charge is 0.330 e. The second-order valence-electron chi connectivity index (χ2n) is 5.60. The van der Waals surface area contributed by atoms with Crippen molar-refractivity contribution in [1.82, 2.24) is 0 Å². The van der Waals surface area contributed by atoms with Gasteiger partial charge in [-0.1, -0.05) is 20.4 Å². The highest BCUT2D eigenvalue weighted by Gasteiger charge is 2.19. The third-order valence-electron chi connectivity index (χ3n) is 2.94. The summed E-state index contributed by atoms with van der Waals surface area (Å²) in [5, 5.41) is 8.85. The number of rotatable bonds is 12. The minimum atomic E-state index is -0.900. The van der Waals surface area contributed by atoms with E-state index in [0.29, 0.717) is 25.2 Å². The molecule has 0 fully saturated rings. The molecule has 0 heterocycles. The van der Waals surface area contributed by atoms with E-state index in [1.54, 1.807) is 0 Å². The summed E-state index contributed by atoms with van der Waals surface area (Å²) in [6, 6.07) is 0. The Labute approximate surface area is 131 Å². The molecule has 0 bridgehead atoms. The topological polar surface area (TPSA) is 89.9 Å². The molecule has 0 radical (unpaired) electrons. The lowest BCUT2D eigenvalue weighted by Crippen LogP contribution is -2.17. The number of hydrogen-bond acceptors (Lipinski definition) is 5. The SMILES string of the molecule is C=CC(=O)OCCCCOC(=O)CC(CC(=O)O)CC(C)C. The maximum Gasteiger partial charge on any atom is 0.330 e. The molecule has 6 heteroatoms. The zero-order valence-corrected chi connectivity index (χ0v) is 13.4. The normalized spacial score (nSPS) is 11.8. The number of carbonyl (C=O) groups is 3. The number of carbonyl (C=O) groups excluding carboxylic acids is 2. The lowest BCUT2D eigenvalue weighted by atomic mass is 9.91. The molecule has 0 spiro atoms. The van der Waals surface area contributed by atoms with Crippen molar-refractivity contribution in [2.45, 2.75) is 46.0 Å². The van der Waals surface area contributed by atoms with Crippen LogP contribution < -0.4 is 0 Å². The molecule has 0 aliphatic carbocycles. The average Bonchev–Trinajstić information content (AvgIpc) is 2.40. The van der Waals surface area contributed by atoms with Crippen LogP contribution in [0, 0.1) is 11.8 Å². The van der Waals surface area contributed by atoms with Gasteiger partial charge in [-0.3, -0.25) is 9.59 Å². The van der Waals surface area contributed by atoms with Gasteiger partial charge in [-0.05, 0) is 31.1 Å². The van der Waals surface area contributed by atoms with Gasteiger partial charge in [-0.15, -0.1) is 0 Å². The summed E-state index contributed by atoms with van der Waals surface area (Å²) in [6.45, 7) is 7.77. The van der Waals surface area contributed by atoms with Crippen molar-refractivity contribution in [3.8, 4) is 0 Å². The highest BCUT2D eigenvalue weighted by atomic mass is 16.5. The van der Waals surface area contributed by atoms with Crippen molar-refractivity contribution in [2.24, 2.45) is 11.8 Å². The second kappa shape index (κ2) is 11.8. The third-order valence-corrected chi connectivity index (χ3v) is 2.94. The molecule has 0 aromatic heterocycles. The van der Waals surface area contributed by atoms with Gasteiger partial charge in [0.25, 0.3) is 0 Å². The molecule has 0 aliphatic heterocycles. The molecule has 0 aliphatic rings. The molecule has 126 valence electrons. The minimum absolute atomic E-state index is 0.0230. The molecule has 1 atom stereocenters. The molecule has 0 rings (SSSR count). The van der Waals surface area contributed by atoms with Gasteiger partial charge in [-0.2, -0.15) is 0 Å². The molecule has 0 amide bonds. The Hall–Kier alpha value is -1.85. The van der Waals surface area contributed by atoms with Gasteiger partial charge >= 0.3 is 17.9 Å². The first-order valence-electron chi connectivity index (χ1n) is 7.51. The quantitative estimate of drug-likeness (QED) is 0.338. The Balaban J connectivity index is 3.87. The first kappa shape index (κ1) is 20.1. The van der Waals surface area contributed by atoms with Crippen LogP contribution in [0.3, 0.4) is 0 Å². The Bertz CT molecular complexity index is 375. The van der Waals surface area contributed by atoms with Crippen LogP contribution in [-0.2, 0) is 23.9 Å². The Morgan fingerprint density at radius 1 is 1.09 bits per heavy atom. The summed E-state index contributed by atoms with van der Waals surface area (Å²) in [4.78, 5) is 33.3. The van der Waals surface area contributed by atoms with Crippen LogP contribution in [0.25, 0.3) is 0 Å². The molecule has 0 aromatic carbocycles. The van der Waals surface area contributed by atoms with Crippen LogP contribution in [0.5, 0.6) is 0 Å². The summed E-state index contributed by atoms with van der Waals surface area (Å²) in [5.74, 6) is -1.62.